The zero-order valence-electron chi connectivity index (χ0n) is 6.03. The van der Waals surface area contributed by atoms with E-state index in [1.165, 1.54) is 0 Å². The molecule has 0 heterocycles. The molecule has 0 radical (unpaired) electrons. The zero-order chi connectivity index (χ0) is 7.56. The summed E-state index contributed by atoms with van der Waals surface area (Å²) in [6, 6.07) is 5.00. The molecule has 0 saturated carbocycles. The average Bonchev–Trinajstić information content (AvgIpc) is 1.88. The summed E-state index contributed by atoms with van der Waals surface area (Å²) in [6.07, 6.45) is -2.57. The third-order valence-corrected chi connectivity index (χ3v) is 1.03. The standard InChI is InChI=1S/C7H4F3.BrH.Mg/c8-6-3-1-5(2-4-6)7(9)10;;/h1,3-4,7H;1H;/q-1;;+2/p-1. The van der Waals surface area contributed by atoms with Crippen LogP contribution in [-0.4, -0.2) is 23.1 Å². The Hall–Kier alpha value is 0.256. The molecule has 0 aliphatic heterocycles. The Morgan fingerprint density at radius 3 is 2.17 bits per heavy atom. The zero-order valence-corrected chi connectivity index (χ0v) is 9.03. The molecule has 0 amide bonds. The van der Waals surface area contributed by atoms with Gasteiger partial charge in [0, 0.05) is 5.82 Å². The van der Waals surface area contributed by atoms with E-state index < -0.39 is 12.2 Å². The molecule has 0 aromatic heterocycles. The topological polar surface area (TPSA) is 0 Å². The Morgan fingerprint density at radius 2 is 1.83 bits per heavy atom. The maximum absolute atomic E-state index is 12.1. The second-order valence-electron chi connectivity index (χ2n) is 1.76. The van der Waals surface area contributed by atoms with Crippen molar-refractivity contribution in [3.63, 3.8) is 0 Å². The maximum atomic E-state index is 12.1. The minimum atomic E-state index is -2.57. The molecule has 0 nitrogen and oxygen atoms in total. The summed E-state index contributed by atoms with van der Waals surface area (Å²) in [5.41, 5.74) is -0.276. The van der Waals surface area contributed by atoms with E-state index in [0.717, 1.165) is 18.2 Å². The molecule has 12 heavy (non-hydrogen) atoms. The molecule has 5 heteroatoms. The molecule has 62 valence electrons. The molecular weight excluding hydrogens is 245 g/mol. The van der Waals surface area contributed by atoms with Crippen LogP contribution >= 0.6 is 0 Å². The van der Waals surface area contributed by atoms with Gasteiger partial charge in [-0.3, -0.25) is 4.39 Å². The van der Waals surface area contributed by atoms with Gasteiger partial charge in [0.05, 0.1) is 0 Å². The van der Waals surface area contributed by atoms with Crippen molar-refractivity contribution in [1.29, 1.82) is 0 Å². The molecule has 0 N–H and O–H groups in total. The molecular formula is C7H4BrF3Mg. The summed E-state index contributed by atoms with van der Waals surface area (Å²) in [4.78, 5) is 0. The number of benzene rings is 1. The van der Waals surface area contributed by atoms with Crippen LogP contribution in [-0.2, 0) is 0 Å². The van der Waals surface area contributed by atoms with Crippen LogP contribution in [0.3, 0.4) is 0 Å². The van der Waals surface area contributed by atoms with Crippen molar-refractivity contribution in [2.75, 3.05) is 0 Å². The van der Waals surface area contributed by atoms with Crippen molar-refractivity contribution >= 4 is 23.1 Å². The first kappa shape index (κ1) is 14.8. The summed E-state index contributed by atoms with van der Waals surface area (Å²) >= 11 is 0. The smallest absolute Gasteiger partial charge is 1.00 e. The third kappa shape index (κ3) is 4.32. The quantitative estimate of drug-likeness (QED) is 0.451. The van der Waals surface area contributed by atoms with Crippen LogP contribution in [0.25, 0.3) is 0 Å². The molecule has 0 saturated heterocycles. The summed E-state index contributed by atoms with van der Waals surface area (Å²) in [5, 5.41) is 0. The van der Waals surface area contributed by atoms with E-state index >= 15 is 0 Å². The van der Waals surface area contributed by atoms with Gasteiger partial charge in [0.25, 0.3) is 0 Å². The fourth-order valence-electron chi connectivity index (χ4n) is 0.554. The number of hydrogen-bond donors (Lipinski definition) is 0. The maximum Gasteiger partial charge on any atom is 2.00 e. The van der Waals surface area contributed by atoms with Gasteiger partial charge < -0.3 is 17.0 Å². The van der Waals surface area contributed by atoms with E-state index in [-0.39, 0.29) is 45.6 Å². The van der Waals surface area contributed by atoms with E-state index in [1.54, 1.807) is 0 Å². The van der Waals surface area contributed by atoms with Crippen LogP contribution in [0.5, 0.6) is 0 Å². The van der Waals surface area contributed by atoms with Gasteiger partial charge in [-0.25, -0.2) is 8.78 Å². The normalized spacial score (nSPS) is 8.67. The Morgan fingerprint density at radius 1 is 1.25 bits per heavy atom. The van der Waals surface area contributed by atoms with Gasteiger partial charge in [-0.2, -0.15) is 12.1 Å². The van der Waals surface area contributed by atoms with Crippen LogP contribution in [0, 0.1) is 11.9 Å². The van der Waals surface area contributed by atoms with Crippen molar-refractivity contribution in [3.8, 4) is 0 Å². The number of alkyl halides is 2. The van der Waals surface area contributed by atoms with Gasteiger partial charge in [-0.05, 0) is 0 Å². The van der Waals surface area contributed by atoms with Crippen LogP contribution in [0.2, 0.25) is 0 Å². The molecule has 0 aliphatic rings. The first-order valence-corrected chi connectivity index (χ1v) is 2.65. The molecule has 0 unspecified atom stereocenters. The van der Waals surface area contributed by atoms with E-state index in [4.69, 9.17) is 0 Å². The predicted octanol–water partition coefficient (Wildman–Crippen LogP) is -0.813. The van der Waals surface area contributed by atoms with Crippen LogP contribution in [0.15, 0.2) is 18.2 Å². The Balaban J connectivity index is 0. The summed E-state index contributed by atoms with van der Waals surface area (Å²) < 4.78 is 35.6. The van der Waals surface area contributed by atoms with Crippen molar-refractivity contribution in [1.82, 2.24) is 0 Å². The fourth-order valence-corrected chi connectivity index (χ4v) is 0.554. The monoisotopic (exact) mass is 248 g/mol. The van der Waals surface area contributed by atoms with Gasteiger partial charge in [-0.1, -0.05) is 5.56 Å². The predicted molar refractivity (Wildman–Crippen MR) is 35.9 cm³/mol. The van der Waals surface area contributed by atoms with Crippen molar-refractivity contribution in [3.05, 3.63) is 35.6 Å². The molecule has 1 aromatic carbocycles. The van der Waals surface area contributed by atoms with Gasteiger partial charge in [0.1, 0.15) is 0 Å². The minimum Gasteiger partial charge on any atom is -1.00 e. The molecule has 0 fully saturated rings. The third-order valence-electron chi connectivity index (χ3n) is 1.03. The van der Waals surface area contributed by atoms with Gasteiger partial charge in [0.2, 0.25) is 6.43 Å². The van der Waals surface area contributed by atoms with Crippen molar-refractivity contribution < 1.29 is 30.2 Å². The minimum absolute atomic E-state index is 0. The number of rotatable bonds is 1. The summed E-state index contributed by atoms with van der Waals surface area (Å²) in [5.74, 6) is -0.551. The second-order valence-corrected chi connectivity index (χ2v) is 1.76. The van der Waals surface area contributed by atoms with Gasteiger partial charge in [0.15, 0.2) is 0 Å². The average molecular weight is 249 g/mol. The molecule has 0 bridgehead atoms. The molecule has 0 aliphatic carbocycles. The Labute approximate surface area is 95.1 Å². The van der Waals surface area contributed by atoms with Crippen molar-refractivity contribution in [2.45, 2.75) is 6.43 Å². The number of halogens is 4. The largest absolute Gasteiger partial charge is 2.00 e. The number of hydrogen-bond acceptors (Lipinski definition) is 0. The van der Waals surface area contributed by atoms with Gasteiger partial charge in [-0.15, -0.1) is 12.1 Å². The van der Waals surface area contributed by atoms with Crippen LogP contribution in [0.1, 0.15) is 12.0 Å². The second kappa shape index (κ2) is 6.74. The molecule has 1 aromatic rings. The Bertz CT molecular complexity index is 212. The summed E-state index contributed by atoms with van der Waals surface area (Å²) in [7, 11) is 0. The summed E-state index contributed by atoms with van der Waals surface area (Å²) in [6.45, 7) is 0. The van der Waals surface area contributed by atoms with E-state index in [9.17, 15) is 13.2 Å². The molecule has 1 rings (SSSR count). The fraction of sp³-hybridized carbons (Fsp3) is 0.143. The molecule has 0 atom stereocenters. The Kier molecular flexibility index (Phi) is 8.29. The van der Waals surface area contributed by atoms with E-state index in [1.807, 2.05) is 0 Å². The first-order valence-electron chi connectivity index (χ1n) is 2.65. The molecule has 0 spiro atoms. The van der Waals surface area contributed by atoms with Crippen LogP contribution in [0.4, 0.5) is 13.2 Å². The SMILES string of the molecule is Fc1c[c-]c(C(F)F)cc1.[Br-].[Mg+2]. The first-order chi connectivity index (χ1) is 4.70. The van der Waals surface area contributed by atoms with Crippen molar-refractivity contribution in [2.24, 2.45) is 0 Å². The van der Waals surface area contributed by atoms with Crippen LogP contribution < -0.4 is 17.0 Å². The van der Waals surface area contributed by atoms with E-state index in [2.05, 4.69) is 6.07 Å². The van der Waals surface area contributed by atoms with Gasteiger partial charge >= 0.3 is 23.1 Å². The van der Waals surface area contributed by atoms with E-state index in [0.29, 0.717) is 0 Å².